The Kier molecular flexibility index (Phi) is 4.67. The van der Waals surface area contributed by atoms with Gasteiger partial charge in [0.25, 0.3) is 0 Å². The molecule has 1 N–H and O–H groups in total. The Hall–Kier alpha value is -0.820. The fourth-order valence-electron chi connectivity index (χ4n) is 3.79. The first-order chi connectivity index (χ1) is 9.09. The Balaban J connectivity index is 2.18. The standard InChI is InChI=1S/C18H29N/c1-5-7-16-11-18(12-16,13-19-6-2)17-9-14(3)8-15(4)10-17/h8-10,16,19H,5-7,11-13H2,1-4H3. The van der Waals surface area contributed by atoms with Crippen LogP contribution >= 0.6 is 0 Å². The number of benzene rings is 1. The molecular formula is C18H29N. The van der Waals surface area contributed by atoms with Gasteiger partial charge in [0.2, 0.25) is 0 Å². The highest BCUT2D eigenvalue weighted by Gasteiger charge is 2.44. The molecule has 1 aromatic rings. The first kappa shape index (κ1) is 14.6. The third kappa shape index (κ3) is 3.20. The summed E-state index contributed by atoms with van der Waals surface area (Å²) in [5, 5.41) is 3.59. The van der Waals surface area contributed by atoms with Crippen molar-refractivity contribution in [1.82, 2.24) is 5.32 Å². The second-order valence-corrected chi connectivity index (χ2v) is 6.50. The molecule has 0 aliphatic heterocycles. The Morgan fingerprint density at radius 3 is 2.26 bits per heavy atom. The molecule has 106 valence electrons. The summed E-state index contributed by atoms with van der Waals surface area (Å²) in [5.41, 5.74) is 4.79. The zero-order chi connectivity index (χ0) is 13.9. The van der Waals surface area contributed by atoms with Crippen LogP contribution in [0.2, 0.25) is 0 Å². The summed E-state index contributed by atoms with van der Waals surface area (Å²) in [4.78, 5) is 0. The summed E-state index contributed by atoms with van der Waals surface area (Å²) >= 11 is 0. The average Bonchev–Trinajstić information content (AvgIpc) is 2.30. The minimum absolute atomic E-state index is 0.409. The number of rotatable bonds is 6. The van der Waals surface area contributed by atoms with Crippen LogP contribution in [0.1, 0.15) is 56.2 Å². The van der Waals surface area contributed by atoms with Gasteiger partial charge in [0, 0.05) is 12.0 Å². The van der Waals surface area contributed by atoms with Crippen molar-refractivity contribution in [2.75, 3.05) is 13.1 Å². The molecule has 0 amide bonds. The molecule has 1 aromatic carbocycles. The monoisotopic (exact) mass is 259 g/mol. The largest absolute Gasteiger partial charge is 0.316 e. The molecule has 0 atom stereocenters. The van der Waals surface area contributed by atoms with Crippen LogP contribution < -0.4 is 5.32 Å². The lowest BCUT2D eigenvalue weighted by Gasteiger charge is -2.49. The molecule has 0 aromatic heterocycles. The Morgan fingerprint density at radius 2 is 1.74 bits per heavy atom. The van der Waals surface area contributed by atoms with E-state index in [1.165, 1.54) is 36.8 Å². The van der Waals surface area contributed by atoms with Gasteiger partial charge in [-0.05, 0) is 44.7 Å². The predicted molar refractivity (Wildman–Crippen MR) is 83.8 cm³/mol. The average molecular weight is 259 g/mol. The number of likely N-dealkylation sites (N-methyl/N-ethyl adjacent to an activating group) is 1. The minimum Gasteiger partial charge on any atom is -0.316 e. The molecule has 0 saturated heterocycles. The van der Waals surface area contributed by atoms with Gasteiger partial charge in [0.05, 0.1) is 0 Å². The molecule has 1 aliphatic carbocycles. The zero-order valence-electron chi connectivity index (χ0n) is 13.1. The fraction of sp³-hybridized carbons (Fsp3) is 0.667. The lowest BCUT2D eigenvalue weighted by molar-refractivity contribution is 0.129. The van der Waals surface area contributed by atoms with E-state index in [2.05, 4.69) is 51.2 Å². The van der Waals surface area contributed by atoms with Crippen LogP contribution in [0.25, 0.3) is 0 Å². The summed E-state index contributed by atoms with van der Waals surface area (Å²) < 4.78 is 0. The lowest BCUT2D eigenvalue weighted by atomic mass is 9.57. The van der Waals surface area contributed by atoms with Crippen molar-refractivity contribution in [3.05, 3.63) is 34.9 Å². The van der Waals surface area contributed by atoms with Crippen molar-refractivity contribution in [3.63, 3.8) is 0 Å². The number of aryl methyl sites for hydroxylation is 2. The molecular weight excluding hydrogens is 230 g/mol. The molecule has 0 radical (unpaired) electrons. The van der Waals surface area contributed by atoms with Crippen molar-refractivity contribution in [1.29, 1.82) is 0 Å². The summed E-state index contributed by atoms with van der Waals surface area (Å²) in [6, 6.07) is 7.10. The molecule has 1 aliphatic rings. The lowest BCUT2D eigenvalue weighted by Crippen LogP contribution is -2.48. The van der Waals surface area contributed by atoms with Gasteiger partial charge in [0.15, 0.2) is 0 Å². The van der Waals surface area contributed by atoms with Gasteiger partial charge in [0.1, 0.15) is 0 Å². The summed E-state index contributed by atoms with van der Waals surface area (Å²) in [6.07, 6.45) is 5.47. The second-order valence-electron chi connectivity index (χ2n) is 6.50. The Bertz CT molecular complexity index is 395. The third-order valence-electron chi connectivity index (χ3n) is 4.60. The maximum Gasteiger partial charge on any atom is 0.00832 e. The van der Waals surface area contributed by atoms with E-state index in [4.69, 9.17) is 0 Å². The number of hydrogen-bond donors (Lipinski definition) is 1. The molecule has 0 heterocycles. The maximum absolute atomic E-state index is 3.59. The summed E-state index contributed by atoms with van der Waals surface area (Å²) in [7, 11) is 0. The van der Waals surface area contributed by atoms with Crippen LogP contribution in [0, 0.1) is 19.8 Å². The SMILES string of the molecule is CCCC1CC(CNCC)(c2cc(C)cc(C)c2)C1. The Morgan fingerprint density at radius 1 is 1.11 bits per heavy atom. The molecule has 1 nitrogen and oxygen atoms in total. The van der Waals surface area contributed by atoms with Gasteiger partial charge in [-0.1, -0.05) is 56.0 Å². The van der Waals surface area contributed by atoms with Crippen LogP contribution in [0.4, 0.5) is 0 Å². The van der Waals surface area contributed by atoms with Crippen molar-refractivity contribution in [2.24, 2.45) is 5.92 Å². The van der Waals surface area contributed by atoms with E-state index in [1.54, 1.807) is 5.56 Å². The summed E-state index contributed by atoms with van der Waals surface area (Å²) in [6.45, 7) is 11.2. The fourth-order valence-corrected chi connectivity index (χ4v) is 3.79. The minimum atomic E-state index is 0.409. The molecule has 0 spiro atoms. The Labute approximate surface area is 118 Å². The van der Waals surface area contributed by atoms with E-state index < -0.39 is 0 Å². The van der Waals surface area contributed by atoms with E-state index in [-0.39, 0.29) is 0 Å². The van der Waals surface area contributed by atoms with Gasteiger partial charge < -0.3 is 5.32 Å². The highest BCUT2D eigenvalue weighted by molar-refractivity contribution is 5.36. The van der Waals surface area contributed by atoms with Gasteiger partial charge in [-0.3, -0.25) is 0 Å². The quantitative estimate of drug-likeness (QED) is 0.800. The van der Waals surface area contributed by atoms with Crippen molar-refractivity contribution in [2.45, 2.75) is 58.8 Å². The molecule has 1 saturated carbocycles. The van der Waals surface area contributed by atoms with Crippen LogP contribution in [0.15, 0.2) is 18.2 Å². The van der Waals surface area contributed by atoms with Gasteiger partial charge in [-0.2, -0.15) is 0 Å². The third-order valence-corrected chi connectivity index (χ3v) is 4.60. The van der Waals surface area contributed by atoms with E-state index in [0.29, 0.717) is 5.41 Å². The van der Waals surface area contributed by atoms with E-state index in [0.717, 1.165) is 19.0 Å². The van der Waals surface area contributed by atoms with Crippen LogP contribution in [0.5, 0.6) is 0 Å². The molecule has 0 bridgehead atoms. The van der Waals surface area contributed by atoms with E-state index >= 15 is 0 Å². The van der Waals surface area contributed by atoms with Crippen molar-refractivity contribution >= 4 is 0 Å². The predicted octanol–water partition coefficient (Wildman–Crippen LogP) is 4.36. The van der Waals surface area contributed by atoms with E-state index in [1.807, 2.05) is 0 Å². The van der Waals surface area contributed by atoms with Gasteiger partial charge in [-0.25, -0.2) is 0 Å². The molecule has 1 heteroatoms. The van der Waals surface area contributed by atoms with Crippen LogP contribution in [0.3, 0.4) is 0 Å². The van der Waals surface area contributed by atoms with Gasteiger partial charge in [-0.15, -0.1) is 0 Å². The van der Waals surface area contributed by atoms with Crippen LogP contribution in [-0.4, -0.2) is 13.1 Å². The molecule has 1 fully saturated rings. The molecule has 19 heavy (non-hydrogen) atoms. The second kappa shape index (κ2) is 6.09. The number of hydrogen-bond acceptors (Lipinski definition) is 1. The van der Waals surface area contributed by atoms with E-state index in [9.17, 15) is 0 Å². The number of nitrogens with one attached hydrogen (secondary N) is 1. The van der Waals surface area contributed by atoms with Crippen molar-refractivity contribution < 1.29 is 0 Å². The maximum atomic E-state index is 3.59. The first-order valence-electron chi connectivity index (χ1n) is 7.89. The van der Waals surface area contributed by atoms with Crippen LogP contribution in [-0.2, 0) is 5.41 Å². The zero-order valence-corrected chi connectivity index (χ0v) is 13.1. The first-order valence-corrected chi connectivity index (χ1v) is 7.89. The van der Waals surface area contributed by atoms with Gasteiger partial charge >= 0.3 is 0 Å². The normalized spacial score (nSPS) is 26.2. The smallest absolute Gasteiger partial charge is 0.00832 e. The summed E-state index contributed by atoms with van der Waals surface area (Å²) in [5.74, 6) is 0.949. The molecule has 0 unspecified atom stereocenters. The molecule has 2 rings (SSSR count). The van der Waals surface area contributed by atoms with Crippen molar-refractivity contribution in [3.8, 4) is 0 Å². The topological polar surface area (TPSA) is 12.0 Å². The highest BCUT2D eigenvalue weighted by atomic mass is 14.9. The highest BCUT2D eigenvalue weighted by Crippen LogP contribution is 2.49.